The number of ether oxygens (including phenoxy) is 1. The molecule has 112 valence electrons. The van der Waals surface area contributed by atoms with E-state index in [4.69, 9.17) is 9.15 Å². The highest BCUT2D eigenvalue weighted by molar-refractivity contribution is 5.87. The normalized spacial score (nSPS) is 23.0. The van der Waals surface area contributed by atoms with Crippen molar-refractivity contribution in [1.82, 2.24) is 4.90 Å². The number of furan rings is 1. The van der Waals surface area contributed by atoms with E-state index in [9.17, 15) is 9.90 Å². The lowest BCUT2D eigenvalue weighted by Crippen LogP contribution is -2.34. The van der Waals surface area contributed by atoms with Crippen LogP contribution in [0.25, 0.3) is 0 Å². The smallest absolute Gasteiger partial charge is 0.374 e. The van der Waals surface area contributed by atoms with Crippen molar-refractivity contribution in [3.8, 4) is 0 Å². The van der Waals surface area contributed by atoms with Crippen LogP contribution in [0.2, 0.25) is 0 Å². The Bertz CT molecular complexity index is 443. The molecule has 0 amide bonds. The minimum atomic E-state index is -0.448. The van der Waals surface area contributed by atoms with Gasteiger partial charge in [0.15, 0.2) is 0 Å². The third-order valence-electron chi connectivity index (χ3n) is 3.97. The van der Waals surface area contributed by atoms with Crippen molar-refractivity contribution in [3.05, 3.63) is 23.7 Å². The largest absolute Gasteiger partial charge is 0.463 e. The van der Waals surface area contributed by atoms with E-state index in [1.807, 2.05) is 7.05 Å². The van der Waals surface area contributed by atoms with Gasteiger partial charge < -0.3 is 19.2 Å². The zero-order valence-corrected chi connectivity index (χ0v) is 12.2. The molecule has 0 spiro atoms. The van der Waals surface area contributed by atoms with Gasteiger partial charge in [0, 0.05) is 18.7 Å². The van der Waals surface area contributed by atoms with Crippen LogP contribution in [0.1, 0.15) is 41.8 Å². The Kier molecular flexibility index (Phi) is 5.20. The van der Waals surface area contributed by atoms with Crippen molar-refractivity contribution < 1.29 is 19.1 Å². The van der Waals surface area contributed by atoms with Gasteiger partial charge in [0.2, 0.25) is 5.76 Å². The van der Waals surface area contributed by atoms with E-state index in [-0.39, 0.29) is 11.9 Å². The molecule has 0 bridgehead atoms. The van der Waals surface area contributed by atoms with Crippen molar-refractivity contribution in [2.75, 3.05) is 20.7 Å². The fourth-order valence-corrected chi connectivity index (χ4v) is 2.89. The van der Waals surface area contributed by atoms with Crippen LogP contribution in [0.15, 0.2) is 16.7 Å². The fraction of sp³-hybridized carbons (Fsp3) is 0.667. The van der Waals surface area contributed by atoms with Crippen LogP contribution in [0, 0.1) is 5.92 Å². The molecule has 1 N–H and O–H groups in total. The van der Waals surface area contributed by atoms with Gasteiger partial charge in [-0.3, -0.25) is 0 Å². The number of rotatable bonds is 5. The molecule has 2 rings (SSSR count). The first-order valence-corrected chi connectivity index (χ1v) is 7.13. The van der Waals surface area contributed by atoms with Crippen molar-refractivity contribution >= 4 is 5.97 Å². The number of carbonyl (C=O) groups excluding carboxylic acids is 1. The lowest BCUT2D eigenvalue weighted by Gasteiger charge is -2.31. The Hall–Kier alpha value is -1.33. The number of hydrogen-bond donors (Lipinski definition) is 1. The second-order valence-corrected chi connectivity index (χ2v) is 5.58. The molecule has 0 saturated heterocycles. The Balaban J connectivity index is 1.92. The fourth-order valence-electron chi connectivity index (χ4n) is 2.89. The monoisotopic (exact) mass is 281 g/mol. The van der Waals surface area contributed by atoms with Gasteiger partial charge >= 0.3 is 5.97 Å². The maximum absolute atomic E-state index is 11.5. The number of aliphatic hydroxyl groups is 1. The summed E-state index contributed by atoms with van der Waals surface area (Å²) in [4.78, 5) is 13.7. The molecule has 1 aromatic rings. The highest BCUT2D eigenvalue weighted by Crippen LogP contribution is 2.25. The standard InChI is InChI=1S/C15H23NO4/c1-16(9-11-5-3-4-6-13(11)17)10-12-7-8-20-14(12)15(18)19-2/h7-8,11,13,17H,3-6,9-10H2,1-2H3. The maximum Gasteiger partial charge on any atom is 0.374 e. The van der Waals surface area contributed by atoms with Crippen LogP contribution in [-0.2, 0) is 11.3 Å². The van der Waals surface area contributed by atoms with E-state index < -0.39 is 5.97 Å². The number of hydrogen-bond acceptors (Lipinski definition) is 5. The topological polar surface area (TPSA) is 62.9 Å². The van der Waals surface area contributed by atoms with Crippen molar-refractivity contribution in [1.29, 1.82) is 0 Å². The molecule has 2 atom stereocenters. The Morgan fingerprint density at radius 3 is 2.95 bits per heavy atom. The summed E-state index contributed by atoms with van der Waals surface area (Å²) < 4.78 is 9.87. The molecule has 1 heterocycles. The van der Waals surface area contributed by atoms with E-state index in [2.05, 4.69) is 4.90 Å². The van der Waals surface area contributed by atoms with Gasteiger partial charge in [0.1, 0.15) is 0 Å². The molecule has 1 aliphatic carbocycles. The average molecular weight is 281 g/mol. The molecule has 0 aromatic carbocycles. The summed E-state index contributed by atoms with van der Waals surface area (Å²) >= 11 is 0. The SMILES string of the molecule is COC(=O)c1occc1CN(C)CC1CCCCC1O. The first-order chi connectivity index (χ1) is 9.61. The average Bonchev–Trinajstić information content (AvgIpc) is 2.88. The van der Waals surface area contributed by atoms with Crippen LogP contribution >= 0.6 is 0 Å². The molecule has 0 aliphatic heterocycles. The highest BCUT2D eigenvalue weighted by atomic mass is 16.5. The zero-order chi connectivity index (χ0) is 14.5. The molecule has 0 radical (unpaired) electrons. The number of nitrogens with zero attached hydrogens (tertiary/aromatic N) is 1. The first kappa shape index (κ1) is 15.1. The van der Waals surface area contributed by atoms with E-state index in [0.29, 0.717) is 12.5 Å². The number of methoxy groups -OCH3 is 1. The van der Waals surface area contributed by atoms with Crippen LogP contribution in [-0.4, -0.2) is 42.8 Å². The van der Waals surface area contributed by atoms with Crippen molar-refractivity contribution in [2.24, 2.45) is 5.92 Å². The summed E-state index contributed by atoms with van der Waals surface area (Å²) in [5.41, 5.74) is 0.824. The predicted octanol–water partition coefficient (Wildman–Crippen LogP) is 2.05. The number of carbonyl (C=O) groups is 1. The van der Waals surface area contributed by atoms with Crippen LogP contribution < -0.4 is 0 Å². The summed E-state index contributed by atoms with van der Waals surface area (Å²) in [7, 11) is 3.34. The van der Waals surface area contributed by atoms with E-state index in [0.717, 1.165) is 31.4 Å². The summed E-state index contributed by atoms with van der Waals surface area (Å²) in [6, 6.07) is 1.79. The zero-order valence-electron chi connectivity index (χ0n) is 12.2. The molecular formula is C15H23NO4. The Labute approximate surface area is 119 Å². The number of esters is 1. The van der Waals surface area contributed by atoms with Gasteiger partial charge in [-0.1, -0.05) is 12.8 Å². The third kappa shape index (κ3) is 3.61. The first-order valence-electron chi connectivity index (χ1n) is 7.13. The maximum atomic E-state index is 11.5. The number of aliphatic hydroxyl groups excluding tert-OH is 1. The van der Waals surface area contributed by atoms with Gasteiger partial charge in [0.05, 0.1) is 19.5 Å². The molecular weight excluding hydrogens is 258 g/mol. The summed E-state index contributed by atoms with van der Waals surface area (Å²) in [5, 5.41) is 10.0. The summed E-state index contributed by atoms with van der Waals surface area (Å²) in [6.07, 6.45) is 5.59. The quantitative estimate of drug-likeness (QED) is 0.837. The van der Waals surface area contributed by atoms with E-state index in [1.165, 1.54) is 19.8 Å². The molecule has 20 heavy (non-hydrogen) atoms. The van der Waals surface area contributed by atoms with Crippen LogP contribution in [0.3, 0.4) is 0 Å². The Morgan fingerprint density at radius 2 is 2.25 bits per heavy atom. The van der Waals surface area contributed by atoms with Crippen LogP contribution in [0.5, 0.6) is 0 Å². The molecule has 2 unspecified atom stereocenters. The molecule has 5 heteroatoms. The van der Waals surface area contributed by atoms with Crippen LogP contribution in [0.4, 0.5) is 0 Å². The minimum Gasteiger partial charge on any atom is -0.463 e. The second-order valence-electron chi connectivity index (χ2n) is 5.58. The summed E-state index contributed by atoms with van der Waals surface area (Å²) in [6.45, 7) is 1.44. The minimum absolute atomic E-state index is 0.198. The van der Waals surface area contributed by atoms with Crippen molar-refractivity contribution in [2.45, 2.75) is 38.3 Å². The van der Waals surface area contributed by atoms with Gasteiger partial charge in [-0.15, -0.1) is 0 Å². The van der Waals surface area contributed by atoms with Gasteiger partial charge in [-0.25, -0.2) is 4.79 Å². The lowest BCUT2D eigenvalue weighted by atomic mass is 9.86. The molecule has 1 fully saturated rings. The van der Waals surface area contributed by atoms with E-state index in [1.54, 1.807) is 6.07 Å². The van der Waals surface area contributed by atoms with Gasteiger partial charge in [-0.05, 0) is 31.9 Å². The van der Waals surface area contributed by atoms with Gasteiger partial charge in [0.25, 0.3) is 0 Å². The molecule has 1 aliphatic rings. The highest BCUT2D eigenvalue weighted by Gasteiger charge is 2.25. The third-order valence-corrected chi connectivity index (χ3v) is 3.97. The summed E-state index contributed by atoms with van der Waals surface area (Å²) in [5.74, 6) is 0.141. The lowest BCUT2D eigenvalue weighted by molar-refractivity contribution is 0.0491. The Morgan fingerprint density at radius 1 is 1.50 bits per heavy atom. The van der Waals surface area contributed by atoms with Crippen molar-refractivity contribution in [3.63, 3.8) is 0 Å². The van der Waals surface area contributed by atoms with Gasteiger partial charge in [-0.2, -0.15) is 0 Å². The molecule has 1 saturated carbocycles. The predicted molar refractivity (Wildman–Crippen MR) is 74.3 cm³/mol. The second kappa shape index (κ2) is 6.90. The van der Waals surface area contributed by atoms with E-state index >= 15 is 0 Å². The molecule has 5 nitrogen and oxygen atoms in total. The molecule has 1 aromatic heterocycles.